The Morgan fingerprint density at radius 1 is 0.941 bits per heavy atom. The van der Waals surface area contributed by atoms with Crippen molar-refractivity contribution in [1.29, 1.82) is 0 Å². The smallest absolute Gasteiger partial charge is 0.0367 e. The van der Waals surface area contributed by atoms with Crippen molar-refractivity contribution >= 4 is 11.4 Å². The third kappa shape index (κ3) is 2.13. The Morgan fingerprint density at radius 2 is 1.65 bits per heavy atom. The first-order chi connectivity index (χ1) is 8.27. The Balaban J connectivity index is 1.72. The van der Waals surface area contributed by atoms with Gasteiger partial charge in [-0.05, 0) is 48.9 Å². The lowest BCUT2D eigenvalue weighted by Crippen LogP contribution is -2.29. The number of nitrogen functional groups attached to an aromatic ring is 1. The number of nitrogens with zero attached hydrogens (tertiary/aromatic N) is 1. The van der Waals surface area contributed by atoms with E-state index in [2.05, 4.69) is 17.0 Å². The van der Waals surface area contributed by atoms with Crippen molar-refractivity contribution in [2.45, 2.75) is 38.5 Å². The van der Waals surface area contributed by atoms with Crippen LogP contribution in [0.2, 0.25) is 0 Å². The molecule has 1 aromatic rings. The molecule has 2 fully saturated rings. The fourth-order valence-corrected chi connectivity index (χ4v) is 3.55. The molecule has 1 saturated carbocycles. The fraction of sp³-hybridized carbons (Fsp3) is 0.600. The molecule has 2 aliphatic rings. The third-order valence-corrected chi connectivity index (χ3v) is 4.61. The summed E-state index contributed by atoms with van der Waals surface area (Å²) < 4.78 is 0. The predicted octanol–water partition coefficient (Wildman–Crippen LogP) is 3.43. The van der Waals surface area contributed by atoms with Gasteiger partial charge in [0, 0.05) is 24.5 Å². The molecule has 92 valence electrons. The second-order valence-electron chi connectivity index (χ2n) is 5.82. The van der Waals surface area contributed by atoms with Crippen LogP contribution in [-0.2, 0) is 0 Å². The molecule has 0 atom stereocenters. The number of hydrogen-bond acceptors (Lipinski definition) is 2. The molecular formula is C15H22N2. The molecule has 1 spiro atoms. The Morgan fingerprint density at radius 3 is 2.35 bits per heavy atom. The summed E-state index contributed by atoms with van der Waals surface area (Å²) in [6.07, 6.45) is 8.60. The van der Waals surface area contributed by atoms with Gasteiger partial charge in [-0.2, -0.15) is 0 Å². The van der Waals surface area contributed by atoms with Crippen LogP contribution in [0, 0.1) is 5.41 Å². The molecule has 2 nitrogen and oxygen atoms in total. The first kappa shape index (κ1) is 10.9. The summed E-state index contributed by atoms with van der Waals surface area (Å²) in [6.45, 7) is 2.49. The summed E-state index contributed by atoms with van der Waals surface area (Å²) in [5, 5.41) is 0. The number of benzene rings is 1. The summed E-state index contributed by atoms with van der Waals surface area (Å²) in [5.41, 5.74) is 8.59. The predicted molar refractivity (Wildman–Crippen MR) is 73.2 cm³/mol. The summed E-state index contributed by atoms with van der Waals surface area (Å²) in [4.78, 5) is 2.55. The van der Waals surface area contributed by atoms with Crippen molar-refractivity contribution < 1.29 is 0 Å². The van der Waals surface area contributed by atoms with Crippen LogP contribution in [0.3, 0.4) is 0 Å². The van der Waals surface area contributed by atoms with Crippen LogP contribution in [-0.4, -0.2) is 13.1 Å². The lowest BCUT2D eigenvalue weighted by molar-refractivity contribution is 0.219. The van der Waals surface area contributed by atoms with Crippen LogP contribution < -0.4 is 10.6 Å². The van der Waals surface area contributed by atoms with Crippen LogP contribution in [0.4, 0.5) is 11.4 Å². The molecule has 0 bridgehead atoms. The number of nitrogens with two attached hydrogens (primary N) is 1. The van der Waals surface area contributed by atoms with Gasteiger partial charge in [0.15, 0.2) is 0 Å². The molecule has 1 aromatic carbocycles. The van der Waals surface area contributed by atoms with Gasteiger partial charge in [0.25, 0.3) is 0 Å². The molecule has 2 heteroatoms. The molecule has 1 aliphatic carbocycles. The Kier molecular flexibility index (Phi) is 2.73. The monoisotopic (exact) mass is 230 g/mol. The highest BCUT2D eigenvalue weighted by atomic mass is 15.2. The van der Waals surface area contributed by atoms with Gasteiger partial charge in [0.2, 0.25) is 0 Å². The first-order valence-corrected chi connectivity index (χ1v) is 6.88. The van der Waals surface area contributed by atoms with Gasteiger partial charge >= 0.3 is 0 Å². The fourth-order valence-electron chi connectivity index (χ4n) is 3.55. The molecule has 0 amide bonds. The van der Waals surface area contributed by atoms with Crippen molar-refractivity contribution in [2.24, 2.45) is 5.41 Å². The average molecular weight is 230 g/mol. The summed E-state index contributed by atoms with van der Waals surface area (Å²) >= 11 is 0. The van der Waals surface area contributed by atoms with E-state index in [9.17, 15) is 0 Å². The van der Waals surface area contributed by atoms with Crippen molar-refractivity contribution in [2.75, 3.05) is 23.7 Å². The van der Waals surface area contributed by atoms with Crippen molar-refractivity contribution in [1.82, 2.24) is 0 Å². The zero-order valence-electron chi connectivity index (χ0n) is 10.5. The molecule has 1 heterocycles. The van der Waals surface area contributed by atoms with E-state index >= 15 is 0 Å². The quantitative estimate of drug-likeness (QED) is 0.749. The van der Waals surface area contributed by atoms with Crippen LogP contribution in [0.25, 0.3) is 0 Å². The second kappa shape index (κ2) is 4.25. The second-order valence-corrected chi connectivity index (χ2v) is 5.82. The van der Waals surface area contributed by atoms with Crippen molar-refractivity contribution in [3.8, 4) is 0 Å². The molecule has 0 radical (unpaired) electrons. The van der Waals surface area contributed by atoms with E-state index in [-0.39, 0.29) is 0 Å². The van der Waals surface area contributed by atoms with E-state index in [0.717, 1.165) is 5.69 Å². The van der Waals surface area contributed by atoms with Crippen LogP contribution in [0.1, 0.15) is 38.5 Å². The Bertz CT molecular complexity index is 376. The van der Waals surface area contributed by atoms with E-state index in [1.54, 1.807) is 0 Å². The average Bonchev–Trinajstić information content (AvgIpc) is 2.75. The highest BCUT2D eigenvalue weighted by Crippen LogP contribution is 2.44. The van der Waals surface area contributed by atoms with E-state index < -0.39 is 0 Å². The van der Waals surface area contributed by atoms with Crippen molar-refractivity contribution in [3.63, 3.8) is 0 Å². The normalized spacial score (nSPS) is 23.2. The minimum absolute atomic E-state index is 0.639. The van der Waals surface area contributed by atoms with Gasteiger partial charge in [0.1, 0.15) is 0 Å². The van der Waals surface area contributed by atoms with E-state index in [4.69, 9.17) is 5.73 Å². The van der Waals surface area contributed by atoms with Crippen LogP contribution in [0.5, 0.6) is 0 Å². The number of rotatable bonds is 1. The van der Waals surface area contributed by atoms with Gasteiger partial charge in [-0.1, -0.05) is 19.3 Å². The molecule has 0 aromatic heterocycles. The largest absolute Gasteiger partial charge is 0.399 e. The van der Waals surface area contributed by atoms with Crippen LogP contribution in [0.15, 0.2) is 24.3 Å². The maximum Gasteiger partial charge on any atom is 0.0367 e. The maximum absolute atomic E-state index is 5.74. The summed E-state index contributed by atoms with van der Waals surface area (Å²) in [7, 11) is 0. The lowest BCUT2D eigenvalue weighted by Gasteiger charge is -2.33. The summed E-state index contributed by atoms with van der Waals surface area (Å²) in [6, 6.07) is 8.36. The molecule has 0 unspecified atom stereocenters. The van der Waals surface area contributed by atoms with Crippen LogP contribution >= 0.6 is 0 Å². The number of hydrogen-bond donors (Lipinski definition) is 1. The minimum Gasteiger partial charge on any atom is -0.399 e. The zero-order chi connectivity index (χ0) is 11.7. The van der Waals surface area contributed by atoms with E-state index in [1.807, 2.05) is 12.1 Å². The molecule has 17 heavy (non-hydrogen) atoms. The molecular weight excluding hydrogens is 208 g/mol. The van der Waals surface area contributed by atoms with Gasteiger partial charge in [-0.25, -0.2) is 0 Å². The highest BCUT2D eigenvalue weighted by Gasteiger charge is 2.38. The standard InChI is InChI=1S/C15H22N2/c16-13-4-6-14(7-5-13)17-11-10-15(12-17)8-2-1-3-9-15/h4-7H,1-3,8-12,16H2. The van der Waals surface area contributed by atoms with E-state index in [1.165, 1.54) is 57.3 Å². The molecule has 2 N–H and O–H groups in total. The zero-order valence-corrected chi connectivity index (χ0v) is 10.5. The van der Waals surface area contributed by atoms with E-state index in [0.29, 0.717) is 5.41 Å². The molecule has 3 rings (SSSR count). The maximum atomic E-state index is 5.74. The van der Waals surface area contributed by atoms with Gasteiger partial charge in [-0.3, -0.25) is 0 Å². The number of anilines is 2. The molecule has 1 saturated heterocycles. The van der Waals surface area contributed by atoms with Gasteiger partial charge < -0.3 is 10.6 Å². The van der Waals surface area contributed by atoms with Gasteiger partial charge in [0.05, 0.1) is 0 Å². The first-order valence-electron chi connectivity index (χ1n) is 6.88. The molecule has 1 aliphatic heterocycles. The topological polar surface area (TPSA) is 29.3 Å². The minimum atomic E-state index is 0.639. The third-order valence-electron chi connectivity index (χ3n) is 4.61. The summed E-state index contributed by atoms with van der Waals surface area (Å²) in [5.74, 6) is 0. The lowest BCUT2D eigenvalue weighted by atomic mass is 9.73. The van der Waals surface area contributed by atoms with Gasteiger partial charge in [-0.15, -0.1) is 0 Å². The Hall–Kier alpha value is -1.18. The SMILES string of the molecule is Nc1ccc(N2CCC3(CCCCC3)C2)cc1. The highest BCUT2D eigenvalue weighted by molar-refractivity contribution is 5.53. The Labute approximate surface area is 104 Å². The van der Waals surface area contributed by atoms with Crippen molar-refractivity contribution in [3.05, 3.63) is 24.3 Å².